The topological polar surface area (TPSA) is 69.6 Å². The van der Waals surface area contributed by atoms with Crippen molar-refractivity contribution in [1.82, 2.24) is 5.32 Å². The summed E-state index contributed by atoms with van der Waals surface area (Å²) < 4.78 is 0. The van der Waals surface area contributed by atoms with E-state index in [1.54, 1.807) is 18.2 Å². The number of anilines is 1. The molecule has 5 nitrogen and oxygen atoms in total. The van der Waals surface area contributed by atoms with E-state index in [2.05, 4.69) is 5.32 Å². The lowest BCUT2D eigenvalue weighted by atomic mass is 10.1. The Bertz CT molecular complexity index is 508. The maximum absolute atomic E-state index is 11.8. The molecule has 0 radical (unpaired) electrons. The lowest BCUT2D eigenvalue weighted by Crippen LogP contribution is -2.29. The third-order valence-corrected chi connectivity index (χ3v) is 3.36. The van der Waals surface area contributed by atoms with E-state index in [4.69, 9.17) is 5.11 Å². The van der Waals surface area contributed by atoms with Gasteiger partial charge in [-0.3, -0.25) is 4.90 Å². The van der Waals surface area contributed by atoms with Crippen LogP contribution in [0.5, 0.6) is 0 Å². The van der Waals surface area contributed by atoms with Gasteiger partial charge in [0.1, 0.15) is 0 Å². The van der Waals surface area contributed by atoms with Gasteiger partial charge in [-0.05, 0) is 25.0 Å². The van der Waals surface area contributed by atoms with Gasteiger partial charge in [0.15, 0.2) is 0 Å². The minimum Gasteiger partial charge on any atom is -0.478 e. The highest BCUT2D eigenvalue weighted by molar-refractivity contribution is 6.03. The summed E-state index contributed by atoms with van der Waals surface area (Å²) in [6.45, 7) is 0.566. The lowest BCUT2D eigenvalue weighted by Gasteiger charge is -2.16. The highest BCUT2D eigenvalue weighted by Crippen LogP contribution is 2.41. The van der Waals surface area contributed by atoms with Crippen molar-refractivity contribution >= 4 is 17.7 Å². The first-order chi connectivity index (χ1) is 8.11. The Kier molecular flexibility index (Phi) is 1.92. The number of carboxylic acid groups (broad SMARTS) is 1. The highest BCUT2D eigenvalue weighted by atomic mass is 16.4. The van der Waals surface area contributed by atoms with Gasteiger partial charge in [0, 0.05) is 0 Å². The summed E-state index contributed by atoms with van der Waals surface area (Å²) in [6, 6.07) is 6.39. The molecule has 1 aromatic carbocycles. The molecule has 0 bridgehead atoms. The third kappa shape index (κ3) is 1.54. The van der Waals surface area contributed by atoms with Gasteiger partial charge in [-0.1, -0.05) is 12.1 Å². The van der Waals surface area contributed by atoms with E-state index in [9.17, 15) is 9.59 Å². The first-order valence-corrected chi connectivity index (χ1v) is 5.53. The zero-order chi connectivity index (χ0) is 12.0. The van der Waals surface area contributed by atoms with Crippen LogP contribution >= 0.6 is 0 Å². The van der Waals surface area contributed by atoms with Gasteiger partial charge in [-0.2, -0.15) is 0 Å². The molecule has 5 heteroatoms. The molecule has 0 atom stereocenters. The zero-order valence-electron chi connectivity index (χ0n) is 9.14. The largest absolute Gasteiger partial charge is 0.478 e. The number of rotatable bonds is 2. The van der Waals surface area contributed by atoms with E-state index >= 15 is 0 Å². The van der Waals surface area contributed by atoms with Gasteiger partial charge in [-0.15, -0.1) is 0 Å². The maximum atomic E-state index is 11.8. The second-order valence-electron chi connectivity index (χ2n) is 4.62. The molecule has 3 rings (SSSR count). The summed E-state index contributed by atoms with van der Waals surface area (Å²) in [6.07, 6.45) is 1.95. The van der Waals surface area contributed by atoms with E-state index in [0.29, 0.717) is 12.2 Å². The van der Waals surface area contributed by atoms with Crippen molar-refractivity contribution in [3.63, 3.8) is 0 Å². The van der Waals surface area contributed by atoms with Crippen LogP contribution in [-0.4, -0.2) is 29.2 Å². The molecular weight excluding hydrogens is 220 g/mol. The number of carboxylic acids is 1. The Hall–Kier alpha value is -2.04. The molecule has 88 valence electrons. The van der Waals surface area contributed by atoms with E-state index in [-0.39, 0.29) is 17.1 Å². The molecule has 1 aliphatic heterocycles. The Morgan fingerprint density at radius 2 is 2.06 bits per heavy atom. The molecule has 1 saturated heterocycles. The number of hydrogen-bond acceptors (Lipinski definition) is 2. The Labute approximate surface area is 98.0 Å². The van der Waals surface area contributed by atoms with Crippen molar-refractivity contribution in [1.29, 1.82) is 0 Å². The van der Waals surface area contributed by atoms with Gasteiger partial charge in [0.2, 0.25) is 0 Å². The maximum Gasteiger partial charge on any atom is 0.337 e. The van der Waals surface area contributed by atoms with Crippen LogP contribution in [0.2, 0.25) is 0 Å². The molecule has 1 spiro atoms. The average molecular weight is 232 g/mol. The molecule has 2 amide bonds. The summed E-state index contributed by atoms with van der Waals surface area (Å²) >= 11 is 0. The van der Waals surface area contributed by atoms with E-state index < -0.39 is 5.97 Å². The number of carbonyl (C=O) groups is 2. The van der Waals surface area contributed by atoms with Gasteiger partial charge in [0.25, 0.3) is 0 Å². The van der Waals surface area contributed by atoms with E-state index in [1.165, 1.54) is 11.0 Å². The zero-order valence-corrected chi connectivity index (χ0v) is 9.14. The monoisotopic (exact) mass is 232 g/mol. The summed E-state index contributed by atoms with van der Waals surface area (Å²) in [5, 5.41) is 12.0. The van der Waals surface area contributed by atoms with Crippen molar-refractivity contribution in [3.05, 3.63) is 29.8 Å². The van der Waals surface area contributed by atoms with Gasteiger partial charge in [-0.25, -0.2) is 9.59 Å². The summed E-state index contributed by atoms with van der Waals surface area (Å²) in [4.78, 5) is 24.5. The Morgan fingerprint density at radius 1 is 1.35 bits per heavy atom. The molecule has 1 aliphatic carbocycles. The smallest absolute Gasteiger partial charge is 0.337 e. The SMILES string of the molecule is O=C(O)c1ccccc1N1CC2(CC2)NC1=O. The van der Waals surface area contributed by atoms with Crippen molar-refractivity contribution in [2.45, 2.75) is 18.4 Å². The average Bonchev–Trinajstić information content (AvgIpc) is 2.96. The van der Waals surface area contributed by atoms with Crippen LogP contribution in [0, 0.1) is 0 Å². The number of amides is 2. The molecule has 0 unspecified atom stereocenters. The molecule has 0 aromatic heterocycles. The number of nitrogens with zero attached hydrogens (tertiary/aromatic N) is 1. The molecule has 17 heavy (non-hydrogen) atoms. The predicted octanol–water partition coefficient (Wildman–Crippen LogP) is 1.45. The standard InChI is InChI=1S/C12H12N2O3/c15-10(16)8-3-1-2-4-9(8)14-7-12(5-6-12)13-11(14)17/h1-4H,5-7H2,(H,13,17)(H,15,16). The summed E-state index contributed by atoms with van der Waals surface area (Å²) in [5.41, 5.74) is 0.546. The van der Waals surface area contributed by atoms with Crippen molar-refractivity contribution < 1.29 is 14.7 Å². The molecule has 2 N–H and O–H groups in total. The molecular formula is C12H12N2O3. The van der Waals surface area contributed by atoms with Crippen LogP contribution in [0.15, 0.2) is 24.3 Å². The first kappa shape index (κ1) is 10.1. The van der Waals surface area contributed by atoms with Crippen LogP contribution in [0.25, 0.3) is 0 Å². The molecule has 2 fully saturated rings. The van der Waals surface area contributed by atoms with Gasteiger partial charge < -0.3 is 10.4 Å². The number of urea groups is 1. The van der Waals surface area contributed by atoms with Crippen molar-refractivity contribution in [2.24, 2.45) is 0 Å². The fourth-order valence-corrected chi connectivity index (χ4v) is 2.23. The molecule has 1 aromatic rings. The van der Waals surface area contributed by atoms with Gasteiger partial charge in [0.05, 0.1) is 23.3 Å². The minimum absolute atomic E-state index is 0.0945. The van der Waals surface area contributed by atoms with Crippen LogP contribution in [0.3, 0.4) is 0 Å². The second kappa shape index (κ2) is 3.23. The lowest BCUT2D eigenvalue weighted by molar-refractivity contribution is 0.0697. The minimum atomic E-state index is -1.01. The van der Waals surface area contributed by atoms with Gasteiger partial charge >= 0.3 is 12.0 Å². The Balaban J connectivity index is 1.99. The van der Waals surface area contributed by atoms with Crippen LogP contribution in [-0.2, 0) is 0 Å². The molecule has 1 heterocycles. The summed E-state index contributed by atoms with van der Waals surface area (Å²) in [7, 11) is 0. The first-order valence-electron chi connectivity index (χ1n) is 5.53. The fourth-order valence-electron chi connectivity index (χ4n) is 2.23. The second-order valence-corrected chi connectivity index (χ2v) is 4.62. The number of nitrogens with one attached hydrogen (secondary N) is 1. The van der Waals surface area contributed by atoms with Crippen LogP contribution in [0.4, 0.5) is 10.5 Å². The molecule has 1 saturated carbocycles. The number of aromatic carboxylic acids is 1. The Morgan fingerprint density at radius 3 is 2.65 bits per heavy atom. The van der Waals surface area contributed by atoms with Crippen molar-refractivity contribution in [2.75, 3.05) is 11.4 Å². The van der Waals surface area contributed by atoms with E-state index in [1.807, 2.05) is 0 Å². The van der Waals surface area contributed by atoms with E-state index in [0.717, 1.165) is 12.8 Å². The number of benzene rings is 1. The number of para-hydroxylation sites is 1. The van der Waals surface area contributed by atoms with Crippen LogP contribution < -0.4 is 10.2 Å². The number of carbonyl (C=O) groups excluding carboxylic acids is 1. The number of hydrogen-bond donors (Lipinski definition) is 2. The third-order valence-electron chi connectivity index (χ3n) is 3.36. The highest BCUT2D eigenvalue weighted by Gasteiger charge is 2.52. The normalized spacial score (nSPS) is 20.5. The quantitative estimate of drug-likeness (QED) is 0.810. The van der Waals surface area contributed by atoms with Crippen LogP contribution in [0.1, 0.15) is 23.2 Å². The fraction of sp³-hybridized carbons (Fsp3) is 0.333. The summed E-state index contributed by atoms with van der Waals surface area (Å²) in [5.74, 6) is -1.01. The predicted molar refractivity (Wildman–Crippen MR) is 61.2 cm³/mol. The molecule has 2 aliphatic rings. The van der Waals surface area contributed by atoms with Crippen molar-refractivity contribution in [3.8, 4) is 0 Å².